The van der Waals surface area contributed by atoms with Gasteiger partial charge in [0.15, 0.2) is 17.5 Å². The van der Waals surface area contributed by atoms with Crippen LogP contribution in [0.15, 0.2) is 17.1 Å². The van der Waals surface area contributed by atoms with Crippen LogP contribution in [0.25, 0.3) is 0 Å². The van der Waals surface area contributed by atoms with Gasteiger partial charge in [-0.1, -0.05) is 26.7 Å². The Bertz CT molecular complexity index is 543. The van der Waals surface area contributed by atoms with Crippen molar-refractivity contribution in [2.45, 2.75) is 40.2 Å². The molecule has 6 heteroatoms. The van der Waals surface area contributed by atoms with Gasteiger partial charge in [-0.25, -0.2) is 4.99 Å². The summed E-state index contributed by atoms with van der Waals surface area (Å²) in [7, 11) is 4.88. The molecule has 0 saturated heterocycles. The molecule has 0 saturated carbocycles. The Balaban J connectivity index is 2.93. The van der Waals surface area contributed by atoms with Crippen molar-refractivity contribution >= 4 is 5.96 Å². The first-order chi connectivity index (χ1) is 12.1. The molecule has 0 fully saturated rings. The number of methoxy groups -OCH3 is 3. The van der Waals surface area contributed by atoms with Crippen molar-refractivity contribution < 1.29 is 14.2 Å². The number of nitrogens with one attached hydrogen (secondary N) is 2. The van der Waals surface area contributed by atoms with Gasteiger partial charge in [0.2, 0.25) is 0 Å². The summed E-state index contributed by atoms with van der Waals surface area (Å²) in [6.07, 6.45) is 2.32. The second-order valence-corrected chi connectivity index (χ2v) is 5.78. The number of aliphatic imine (C=N–C) groups is 1. The van der Waals surface area contributed by atoms with Crippen LogP contribution >= 0.6 is 0 Å². The molecule has 0 spiro atoms. The highest BCUT2D eigenvalue weighted by Gasteiger charge is 2.12. The van der Waals surface area contributed by atoms with E-state index in [1.165, 1.54) is 0 Å². The minimum Gasteiger partial charge on any atom is -0.496 e. The van der Waals surface area contributed by atoms with Gasteiger partial charge in [-0.2, -0.15) is 0 Å². The zero-order valence-corrected chi connectivity index (χ0v) is 16.4. The highest BCUT2D eigenvalue weighted by atomic mass is 16.5. The van der Waals surface area contributed by atoms with E-state index in [2.05, 4.69) is 36.4 Å². The Labute approximate surface area is 152 Å². The molecule has 0 unspecified atom stereocenters. The predicted molar refractivity (Wildman–Crippen MR) is 103 cm³/mol. The summed E-state index contributed by atoms with van der Waals surface area (Å²) in [5.74, 6) is 3.51. The zero-order chi connectivity index (χ0) is 18.7. The first-order valence-electron chi connectivity index (χ1n) is 8.94. The van der Waals surface area contributed by atoms with Crippen molar-refractivity contribution in [2.24, 2.45) is 10.9 Å². The van der Waals surface area contributed by atoms with Crippen molar-refractivity contribution in [3.8, 4) is 17.2 Å². The molecule has 0 aliphatic heterocycles. The summed E-state index contributed by atoms with van der Waals surface area (Å²) in [5, 5.41) is 6.71. The van der Waals surface area contributed by atoms with Gasteiger partial charge in [-0.3, -0.25) is 0 Å². The Morgan fingerprint density at radius 1 is 0.920 bits per heavy atom. The lowest BCUT2D eigenvalue weighted by Crippen LogP contribution is -2.39. The highest BCUT2D eigenvalue weighted by Crippen LogP contribution is 2.34. The van der Waals surface area contributed by atoms with Crippen LogP contribution in [0.3, 0.4) is 0 Å². The molecule has 0 aliphatic carbocycles. The Morgan fingerprint density at radius 3 is 2.04 bits per heavy atom. The molecule has 25 heavy (non-hydrogen) atoms. The standard InChI is InChI=1S/C19H33N3O3/c1-7-14(8-2)12-21-19(20-9-3)22-13-15-10-17(24-5)18(25-6)11-16(15)23-4/h10-11,14H,7-9,12-13H2,1-6H3,(H2,20,21,22). The van der Waals surface area contributed by atoms with Gasteiger partial charge in [-0.15, -0.1) is 0 Å². The van der Waals surface area contributed by atoms with Crippen LogP contribution in [0.4, 0.5) is 0 Å². The van der Waals surface area contributed by atoms with Crippen LogP contribution < -0.4 is 24.8 Å². The van der Waals surface area contributed by atoms with Crippen molar-refractivity contribution in [1.29, 1.82) is 0 Å². The van der Waals surface area contributed by atoms with E-state index in [0.29, 0.717) is 24.0 Å². The summed E-state index contributed by atoms with van der Waals surface area (Å²) in [6.45, 7) is 8.72. The molecule has 0 radical (unpaired) electrons. The minimum atomic E-state index is 0.488. The van der Waals surface area contributed by atoms with Crippen molar-refractivity contribution in [2.75, 3.05) is 34.4 Å². The summed E-state index contributed by atoms with van der Waals surface area (Å²) in [5.41, 5.74) is 0.944. The molecule has 1 rings (SSSR count). The Hall–Kier alpha value is -2.11. The Kier molecular flexibility index (Phi) is 9.58. The number of nitrogens with zero attached hydrogens (tertiary/aromatic N) is 1. The smallest absolute Gasteiger partial charge is 0.191 e. The van der Waals surface area contributed by atoms with Crippen LogP contribution in [0.2, 0.25) is 0 Å². The average Bonchev–Trinajstić information content (AvgIpc) is 2.65. The van der Waals surface area contributed by atoms with E-state index in [4.69, 9.17) is 14.2 Å². The number of rotatable bonds is 10. The summed E-state index contributed by atoms with van der Waals surface area (Å²) < 4.78 is 16.2. The normalized spacial score (nSPS) is 11.4. The molecule has 142 valence electrons. The van der Waals surface area contributed by atoms with Gasteiger partial charge in [0.05, 0.1) is 27.9 Å². The number of benzene rings is 1. The largest absolute Gasteiger partial charge is 0.496 e. The van der Waals surface area contributed by atoms with Crippen LogP contribution in [0.1, 0.15) is 39.2 Å². The van der Waals surface area contributed by atoms with E-state index in [-0.39, 0.29) is 0 Å². The third-order valence-corrected chi connectivity index (χ3v) is 4.25. The second kappa shape index (κ2) is 11.4. The van der Waals surface area contributed by atoms with Crippen LogP contribution in [0, 0.1) is 5.92 Å². The maximum atomic E-state index is 5.47. The van der Waals surface area contributed by atoms with E-state index in [0.717, 1.165) is 43.2 Å². The molecule has 2 N–H and O–H groups in total. The quantitative estimate of drug-likeness (QED) is 0.501. The van der Waals surface area contributed by atoms with E-state index in [1.807, 2.05) is 12.1 Å². The van der Waals surface area contributed by atoms with Crippen molar-refractivity contribution in [3.63, 3.8) is 0 Å². The molecule has 0 bridgehead atoms. The number of ether oxygens (including phenoxy) is 3. The molecule has 0 atom stereocenters. The third kappa shape index (κ3) is 6.36. The maximum Gasteiger partial charge on any atom is 0.191 e. The molecule has 1 aromatic rings. The highest BCUT2D eigenvalue weighted by molar-refractivity contribution is 5.79. The lowest BCUT2D eigenvalue weighted by molar-refractivity contribution is 0.347. The van der Waals surface area contributed by atoms with Gasteiger partial charge in [0.25, 0.3) is 0 Å². The van der Waals surface area contributed by atoms with Gasteiger partial charge < -0.3 is 24.8 Å². The molecule has 0 heterocycles. The van der Waals surface area contributed by atoms with E-state index < -0.39 is 0 Å². The van der Waals surface area contributed by atoms with E-state index in [9.17, 15) is 0 Å². The predicted octanol–water partition coefficient (Wildman–Crippen LogP) is 3.20. The van der Waals surface area contributed by atoms with E-state index in [1.54, 1.807) is 21.3 Å². The molecule has 1 aromatic carbocycles. The number of hydrogen-bond donors (Lipinski definition) is 2. The molecule has 0 amide bonds. The van der Waals surface area contributed by atoms with Gasteiger partial charge in [0.1, 0.15) is 5.75 Å². The fraction of sp³-hybridized carbons (Fsp3) is 0.632. The van der Waals surface area contributed by atoms with E-state index >= 15 is 0 Å². The van der Waals surface area contributed by atoms with Gasteiger partial charge >= 0.3 is 0 Å². The zero-order valence-electron chi connectivity index (χ0n) is 16.4. The van der Waals surface area contributed by atoms with Crippen molar-refractivity contribution in [3.05, 3.63) is 17.7 Å². The Morgan fingerprint density at radius 2 is 1.52 bits per heavy atom. The lowest BCUT2D eigenvalue weighted by atomic mass is 10.0. The topological polar surface area (TPSA) is 64.1 Å². The van der Waals surface area contributed by atoms with Crippen LogP contribution in [0.5, 0.6) is 17.2 Å². The SMILES string of the molecule is CCNC(=NCc1cc(OC)c(OC)cc1OC)NCC(CC)CC. The lowest BCUT2D eigenvalue weighted by Gasteiger charge is -2.17. The maximum absolute atomic E-state index is 5.47. The number of hydrogen-bond acceptors (Lipinski definition) is 4. The first kappa shape index (κ1) is 20.9. The van der Waals surface area contributed by atoms with Crippen LogP contribution in [-0.2, 0) is 6.54 Å². The average molecular weight is 351 g/mol. The molecular weight excluding hydrogens is 318 g/mol. The summed E-state index contributed by atoms with van der Waals surface area (Å²) >= 11 is 0. The first-order valence-corrected chi connectivity index (χ1v) is 8.94. The number of guanidine groups is 1. The molecule has 0 aliphatic rings. The van der Waals surface area contributed by atoms with Gasteiger partial charge in [-0.05, 0) is 18.9 Å². The minimum absolute atomic E-state index is 0.488. The third-order valence-electron chi connectivity index (χ3n) is 4.25. The molecular formula is C19H33N3O3. The van der Waals surface area contributed by atoms with Gasteiger partial charge in [0, 0.05) is 24.7 Å². The summed E-state index contributed by atoms with van der Waals surface area (Å²) in [4.78, 5) is 4.68. The van der Waals surface area contributed by atoms with Crippen molar-refractivity contribution in [1.82, 2.24) is 10.6 Å². The fourth-order valence-electron chi connectivity index (χ4n) is 2.54. The fourth-order valence-corrected chi connectivity index (χ4v) is 2.54. The second-order valence-electron chi connectivity index (χ2n) is 5.78. The van der Waals surface area contributed by atoms with Crippen LogP contribution in [-0.4, -0.2) is 40.4 Å². The molecule has 6 nitrogen and oxygen atoms in total. The monoisotopic (exact) mass is 351 g/mol. The molecule has 0 aromatic heterocycles. The summed E-state index contributed by atoms with van der Waals surface area (Å²) in [6, 6.07) is 3.74.